The maximum absolute atomic E-state index is 13.2. The first-order valence-corrected chi connectivity index (χ1v) is 9.75. The Morgan fingerprint density at radius 3 is 2.46 bits per heavy atom. The van der Waals surface area contributed by atoms with Crippen LogP contribution in [0.25, 0.3) is 11.1 Å². The molecule has 1 aliphatic heterocycles. The maximum Gasteiger partial charge on any atom is 0.254 e. The van der Waals surface area contributed by atoms with Gasteiger partial charge >= 0.3 is 0 Å². The SMILES string of the molecule is N#Cc1ccc(C(=O)N2CC[C@@H]3C[C@H]2c2cc(-c4ccccc4)ccc23)cc1. The van der Waals surface area contributed by atoms with E-state index in [0.717, 1.165) is 19.4 Å². The number of carbonyl (C=O) groups excluding carboxylic acids is 1. The first-order valence-electron chi connectivity index (χ1n) is 9.75. The Bertz CT molecular complexity index is 1080. The molecule has 3 heteroatoms. The number of piperidine rings is 1. The molecule has 1 amide bonds. The van der Waals surface area contributed by atoms with Crippen LogP contribution in [-0.2, 0) is 0 Å². The zero-order chi connectivity index (χ0) is 19.1. The fourth-order valence-corrected chi connectivity index (χ4v) is 4.68. The summed E-state index contributed by atoms with van der Waals surface area (Å²) in [5, 5.41) is 8.99. The van der Waals surface area contributed by atoms with Crippen molar-refractivity contribution in [3.63, 3.8) is 0 Å². The topological polar surface area (TPSA) is 44.1 Å². The summed E-state index contributed by atoms with van der Waals surface area (Å²) in [4.78, 5) is 15.2. The summed E-state index contributed by atoms with van der Waals surface area (Å²) in [5.41, 5.74) is 6.35. The smallest absolute Gasteiger partial charge is 0.254 e. The Labute approximate surface area is 164 Å². The predicted octanol–water partition coefficient (Wildman–Crippen LogP) is 5.30. The number of hydrogen-bond acceptors (Lipinski definition) is 2. The van der Waals surface area contributed by atoms with Gasteiger partial charge in [0.25, 0.3) is 5.91 Å². The van der Waals surface area contributed by atoms with Crippen molar-refractivity contribution in [1.29, 1.82) is 5.26 Å². The van der Waals surface area contributed by atoms with Gasteiger partial charge in [0.15, 0.2) is 0 Å². The van der Waals surface area contributed by atoms with Crippen LogP contribution in [0, 0.1) is 11.3 Å². The molecule has 5 rings (SSSR count). The van der Waals surface area contributed by atoms with Gasteiger partial charge in [-0.2, -0.15) is 5.26 Å². The monoisotopic (exact) mass is 364 g/mol. The van der Waals surface area contributed by atoms with E-state index >= 15 is 0 Å². The van der Waals surface area contributed by atoms with Crippen LogP contribution in [-0.4, -0.2) is 17.4 Å². The molecule has 28 heavy (non-hydrogen) atoms. The van der Waals surface area contributed by atoms with Gasteiger partial charge in [-0.3, -0.25) is 4.79 Å². The van der Waals surface area contributed by atoms with Crippen molar-refractivity contribution in [2.75, 3.05) is 6.54 Å². The Balaban J connectivity index is 1.49. The minimum absolute atomic E-state index is 0.0610. The van der Waals surface area contributed by atoms with Crippen molar-refractivity contribution in [3.8, 4) is 17.2 Å². The lowest BCUT2D eigenvalue weighted by atomic mass is 9.94. The standard InChI is InChI=1S/C25H20N2O/c26-16-17-6-8-19(9-7-17)25(28)27-13-12-21-15-24(27)23-14-20(10-11-22(21)23)18-4-2-1-3-5-18/h1-11,14,21,24H,12-13,15H2/t21-,24+/m1/s1. The van der Waals surface area contributed by atoms with Crippen molar-refractivity contribution in [2.24, 2.45) is 0 Å². The van der Waals surface area contributed by atoms with Gasteiger partial charge in [-0.25, -0.2) is 0 Å². The lowest BCUT2D eigenvalue weighted by Gasteiger charge is -2.34. The number of fused-ring (bicyclic) bond motifs is 5. The Morgan fingerprint density at radius 2 is 1.71 bits per heavy atom. The van der Waals surface area contributed by atoms with Gasteiger partial charge in [-0.05, 0) is 71.3 Å². The third kappa shape index (κ3) is 2.70. The summed E-state index contributed by atoms with van der Waals surface area (Å²) in [6, 6.07) is 26.4. The van der Waals surface area contributed by atoms with Crippen LogP contribution < -0.4 is 0 Å². The number of rotatable bonds is 2. The van der Waals surface area contributed by atoms with Crippen LogP contribution in [0.2, 0.25) is 0 Å². The lowest BCUT2D eigenvalue weighted by molar-refractivity contribution is 0.0620. The third-order valence-corrected chi connectivity index (χ3v) is 6.12. The molecule has 0 spiro atoms. The zero-order valence-corrected chi connectivity index (χ0v) is 15.5. The first kappa shape index (κ1) is 16.8. The minimum Gasteiger partial charge on any atom is -0.332 e. The van der Waals surface area contributed by atoms with Gasteiger partial charge < -0.3 is 4.90 Å². The summed E-state index contributed by atoms with van der Waals surface area (Å²) >= 11 is 0. The molecule has 1 saturated heterocycles. The van der Waals surface area contributed by atoms with Gasteiger partial charge in [0.05, 0.1) is 17.7 Å². The Hall–Kier alpha value is -3.38. The highest BCUT2D eigenvalue weighted by molar-refractivity contribution is 5.95. The van der Waals surface area contributed by atoms with E-state index in [0.29, 0.717) is 17.0 Å². The van der Waals surface area contributed by atoms with Crippen LogP contribution in [0.1, 0.15) is 51.8 Å². The molecule has 0 N–H and O–H groups in total. The normalized spacial score (nSPS) is 19.8. The molecule has 0 aromatic heterocycles. The van der Waals surface area contributed by atoms with Crippen LogP contribution in [0.5, 0.6) is 0 Å². The van der Waals surface area contributed by atoms with Crippen molar-refractivity contribution in [1.82, 2.24) is 4.90 Å². The van der Waals surface area contributed by atoms with Crippen LogP contribution in [0.3, 0.4) is 0 Å². The molecule has 1 aliphatic carbocycles. The van der Waals surface area contributed by atoms with Gasteiger partial charge in [0.2, 0.25) is 0 Å². The summed E-state index contributed by atoms with van der Waals surface area (Å²) < 4.78 is 0. The van der Waals surface area contributed by atoms with Crippen molar-refractivity contribution in [3.05, 3.63) is 95.1 Å². The van der Waals surface area contributed by atoms with Crippen LogP contribution >= 0.6 is 0 Å². The second-order valence-corrected chi connectivity index (χ2v) is 7.63. The molecule has 136 valence electrons. The van der Waals surface area contributed by atoms with E-state index in [1.54, 1.807) is 24.3 Å². The fourth-order valence-electron chi connectivity index (χ4n) is 4.68. The van der Waals surface area contributed by atoms with Gasteiger partial charge in [-0.15, -0.1) is 0 Å². The molecule has 3 aromatic carbocycles. The molecule has 0 radical (unpaired) electrons. The highest BCUT2D eigenvalue weighted by Gasteiger charge is 2.41. The second kappa shape index (κ2) is 6.65. The minimum atomic E-state index is 0.0610. The van der Waals surface area contributed by atoms with E-state index in [1.165, 1.54) is 22.3 Å². The molecular formula is C25H20N2O. The largest absolute Gasteiger partial charge is 0.332 e. The first-order chi connectivity index (χ1) is 13.7. The Kier molecular flexibility index (Phi) is 3.98. The molecule has 1 heterocycles. The molecule has 0 unspecified atom stereocenters. The van der Waals surface area contributed by atoms with Gasteiger partial charge in [-0.1, -0.05) is 42.5 Å². The highest BCUT2D eigenvalue weighted by atomic mass is 16.2. The molecule has 2 atom stereocenters. The molecule has 3 nitrogen and oxygen atoms in total. The van der Waals surface area contributed by atoms with Crippen LogP contribution in [0.4, 0.5) is 0 Å². The van der Waals surface area contributed by atoms with Gasteiger partial charge in [0, 0.05) is 12.1 Å². The fraction of sp³-hybridized carbons (Fsp3) is 0.200. The second-order valence-electron chi connectivity index (χ2n) is 7.63. The molecule has 0 saturated carbocycles. The summed E-state index contributed by atoms with van der Waals surface area (Å²) in [6.07, 6.45) is 2.02. The number of amides is 1. The van der Waals surface area contributed by atoms with Crippen molar-refractivity contribution < 1.29 is 4.79 Å². The van der Waals surface area contributed by atoms with E-state index in [4.69, 9.17) is 5.26 Å². The number of carbonyl (C=O) groups is 1. The number of benzene rings is 3. The zero-order valence-electron chi connectivity index (χ0n) is 15.5. The van der Waals surface area contributed by atoms with E-state index in [1.807, 2.05) is 11.0 Å². The lowest BCUT2D eigenvalue weighted by Crippen LogP contribution is -2.37. The number of nitrogens with zero attached hydrogens (tertiary/aromatic N) is 2. The number of hydrogen-bond donors (Lipinski definition) is 0. The molecule has 2 bridgehead atoms. The van der Waals surface area contributed by atoms with Crippen molar-refractivity contribution >= 4 is 5.91 Å². The molecular weight excluding hydrogens is 344 g/mol. The number of likely N-dealkylation sites (tertiary alicyclic amines) is 1. The highest BCUT2D eigenvalue weighted by Crippen LogP contribution is 2.50. The van der Waals surface area contributed by atoms with Crippen molar-refractivity contribution in [2.45, 2.75) is 24.8 Å². The van der Waals surface area contributed by atoms with E-state index in [-0.39, 0.29) is 11.9 Å². The summed E-state index contributed by atoms with van der Waals surface area (Å²) in [5.74, 6) is 0.612. The van der Waals surface area contributed by atoms with Gasteiger partial charge in [0.1, 0.15) is 0 Å². The molecule has 2 aliphatic rings. The molecule has 1 fully saturated rings. The average molecular weight is 364 g/mol. The third-order valence-electron chi connectivity index (χ3n) is 6.12. The van der Waals surface area contributed by atoms with E-state index < -0.39 is 0 Å². The summed E-state index contributed by atoms with van der Waals surface area (Å²) in [7, 11) is 0. The predicted molar refractivity (Wildman–Crippen MR) is 109 cm³/mol. The van der Waals surface area contributed by atoms with E-state index in [9.17, 15) is 4.79 Å². The number of nitriles is 1. The van der Waals surface area contributed by atoms with E-state index in [2.05, 4.69) is 48.5 Å². The van der Waals surface area contributed by atoms with Crippen LogP contribution in [0.15, 0.2) is 72.8 Å². The molecule has 3 aromatic rings. The summed E-state index contributed by atoms with van der Waals surface area (Å²) in [6.45, 7) is 0.781. The Morgan fingerprint density at radius 1 is 0.929 bits per heavy atom. The maximum atomic E-state index is 13.2. The average Bonchev–Trinajstić information content (AvgIpc) is 3.05. The quantitative estimate of drug-likeness (QED) is 0.619.